The van der Waals surface area contributed by atoms with E-state index in [4.69, 9.17) is 9.97 Å². The first-order valence-corrected chi connectivity index (χ1v) is 13.5. The summed E-state index contributed by atoms with van der Waals surface area (Å²) in [4.78, 5) is 37.0. The van der Waals surface area contributed by atoms with Crippen molar-refractivity contribution < 1.29 is 4.79 Å². The van der Waals surface area contributed by atoms with Gasteiger partial charge in [0.25, 0.3) is 0 Å². The smallest absolute Gasteiger partial charge is 0.228 e. The summed E-state index contributed by atoms with van der Waals surface area (Å²) in [6, 6.07) is 17.4. The second kappa shape index (κ2) is 10.2. The minimum absolute atomic E-state index is 0.104. The van der Waals surface area contributed by atoms with Gasteiger partial charge in [0.15, 0.2) is 17.2 Å². The van der Waals surface area contributed by atoms with Gasteiger partial charge in [-0.05, 0) is 49.1 Å². The lowest BCUT2D eigenvalue weighted by molar-refractivity contribution is -0.115. The van der Waals surface area contributed by atoms with Crippen molar-refractivity contribution in [3.63, 3.8) is 0 Å². The maximum atomic E-state index is 12.6. The summed E-state index contributed by atoms with van der Waals surface area (Å²) in [6.45, 7) is 2.06. The van der Waals surface area contributed by atoms with E-state index in [-0.39, 0.29) is 5.91 Å². The number of aromatic nitrogens is 7. The second-order valence-corrected chi connectivity index (χ2v) is 10.00. The van der Waals surface area contributed by atoms with Gasteiger partial charge in [-0.2, -0.15) is 5.10 Å². The molecule has 0 spiro atoms. The Morgan fingerprint density at radius 3 is 2.73 bits per heavy atom. The largest absolute Gasteiger partial charge is 0.370 e. The van der Waals surface area contributed by atoms with E-state index in [9.17, 15) is 4.79 Å². The molecule has 10 nitrogen and oxygen atoms in total. The zero-order valence-corrected chi connectivity index (χ0v) is 21.8. The SMILES string of the molecule is O=C(Cc1ccccc1)Nc1cncc(-c2ccc3[nH]nc(-c4nc5nccc(N6CCCCC6)c5[nH]4)c3n2)c1. The lowest BCUT2D eigenvalue weighted by Crippen LogP contribution is -2.29. The lowest BCUT2D eigenvalue weighted by Gasteiger charge is -2.28. The normalized spacial score (nSPS) is 13.7. The maximum absolute atomic E-state index is 12.6. The minimum atomic E-state index is -0.104. The van der Waals surface area contributed by atoms with Crippen LogP contribution < -0.4 is 10.2 Å². The highest BCUT2D eigenvalue weighted by molar-refractivity contribution is 5.94. The van der Waals surface area contributed by atoms with E-state index in [0.717, 1.165) is 40.9 Å². The van der Waals surface area contributed by atoms with Crippen LogP contribution in [0.4, 0.5) is 11.4 Å². The van der Waals surface area contributed by atoms with Crippen LogP contribution >= 0.6 is 0 Å². The van der Waals surface area contributed by atoms with Crippen LogP contribution in [0.5, 0.6) is 0 Å². The van der Waals surface area contributed by atoms with Crippen molar-refractivity contribution in [1.29, 1.82) is 0 Å². The Morgan fingerprint density at radius 1 is 0.975 bits per heavy atom. The Labute approximate surface area is 229 Å². The molecule has 6 heterocycles. The topological polar surface area (TPSA) is 128 Å². The number of pyridine rings is 3. The van der Waals surface area contributed by atoms with Gasteiger partial charge in [0.05, 0.1) is 35.2 Å². The van der Waals surface area contributed by atoms with E-state index in [1.165, 1.54) is 19.3 Å². The van der Waals surface area contributed by atoms with Gasteiger partial charge in [0.1, 0.15) is 11.0 Å². The van der Waals surface area contributed by atoms with E-state index in [1.807, 2.05) is 60.8 Å². The molecule has 10 heteroatoms. The van der Waals surface area contributed by atoms with Crippen LogP contribution in [0.15, 0.2) is 73.2 Å². The van der Waals surface area contributed by atoms with Gasteiger partial charge in [0, 0.05) is 31.0 Å². The van der Waals surface area contributed by atoms with E-state index in [0.29, 0.717) is 40.5 Å². The van der Waals surface area contributed by atoms with Crippen LogP contribution in [-0.2, 0) is 11.2 Å². The molecule has 5 aromatic heterocycles. The molecule has 0 radical (unpaired) electrons. The van der Waals surface area contributed by atoms with Gasteiger partial charge in [-0.25, -0.2) is 15.0 Å². The average Bonchev–Trinajstić information content (AvgIpc) is 3.62. The Morgan fingerprint density at radius 2 is 1.85 bits per heavy atom. The summed E-state index contributed by atoms with van der Waals surface area (Å²) in [7, 11) is 0. The van der Waals surface area contributed by atoms with Crippen molar-refractivity contribution in [3.8, 4) is 22.8 Å². The molecule has 40 heavy (non-hydrogen) atoms. The molecular formula is C30H27N9O. The quantitative estimate of drug-likeness (QED) is 0.273. The van der Waals surface area contributed by atoms with E-state index >= 15 is 0 Å². The third kappa shape index (κ3) is 4.64. The first-order chi connectivity index (χ1) is 19.7. The average molecular weight is 530 g/mol. The lowest BCUT2D eigenvalue weighted by atomic mass is 10.1. The molecule has 1 fully saturated rings. The van der Waals surface area contributed by atoms with E-state index in [1.54, 1.807) is 12.4 Å². The van der Waals surface area contributed by atoms with Gasteiger partial charge in [0.2, 0.25) is 5.91 Å². The Balaban J connectivity index is 1.19. The maximum Gasteiger partial charge on any atom is 0.228 e. The van der Waals surface area contributed by atoms with Crippen LogP contribution in [0, 0.1) is 0 Å². The van der Waals surface area contributed by atoms with Crippen molar-refractivity contribution in [2.45, 2.75) is 25.7 Å². The Hall–Kier alpha value is -5.12. The molecule has 0 saturated carbocycles. The number of nitrogens with zero attached hydrogens (tertiary/aromatic N) is 6. The molecule has 0 unspecified atom stereocenters. The van der Waals surface area contributed by atoms with Gasteiger partial charge in [-0.15, -0.1) is 0 Å². The number of carbonyl (C=O) groups is 1. The number of piperidine rings is 1. The highest BCUT2D eigenvalue weighted by atomic mass is 16.1. The number of benzene rings is 1. The zero-order chi connectivity index (χ0) is 26.9. The molecule has 3 N–H and O–H groups in total. The third-order valence-corrected chi connectivity index (χ3v) is 7.22. The Bertz CT molecular complexity index is 1820. The number of imidazole rings is 1. The number of carbonyl (C=O) groups excluding carboxylic acids is 1. The molecule has 6 aromatic rings. The van der Waals surface area contributed by atoms with Crippen LogP contribution in [-0.4, -0.2) is 54.1 Å². The minimum Gasteiger partial charge on any atom is -0.370 e. The van der Waals surface area contributed by atoms with Gasteiger partial charge in [-0.3, -0.25) is 14.9 Å². The number of H-pyrrole nitrogens is 2. The van der Waals surface area contributed by atoms with E-state index < -0.39 is 0 Å². The molecule has 0 atom stereocenters. The standard InChI is InChI=1S/C30H27N9O/c40-25(15-19-7-3-1-4-8-19)33-21-16-20(17-31-18-21)22-9-10-23-26(34-22)28(38-37-23)30-35-27-24(11-12-32-29(27)36-30)39-13-5-2-6-14-39/h1,3-4,7-12,16-18H,2,5-6,13-15H2,(H,33,40)(H,37,38)(H,32,35,36). The number of hydrogen-bond acceptors (Lipinski definition) is 7. The predicted molar refractivity (Wildman–Crippen MR) is 155 cm³/mol. The van der Waals surface area contributed by atoms with E-state index in [2.05, 4.69) is 35.4 Å². The number of rotatable bonds is 6. The molecule has 0 bridgehead atoms. The van der Waals surface area contributed by atoms with Crippen molar-refractivity contribution in [2.24, 2.45) is 0 Å². The summed E-state index contributed by atoms with van der Waals surface area (Å²) in [6.07, 6.45) is 9.12. The zero-order valence-electron chi connectivity index (χ0n) is 21.8. The molecule has 1 aliphatic heterocycles. The first kappa shape index (κ1) is 24.0. The molecule has 1 amide bonds. The predicted octanol–water partition coefficient (Wildman–Crippen LogP) is 5.13. The molecular weight excluding hydrogens is 502 g/mol. The summed E-state index contributed by atoms with van der Waals surface area (Å²) < 4.78 is 0. The molecule has 0 aliphatic carbocycles. The number of fused-ring (bicyclic) bond motifs is 2. The highest BCUT2D eigenvalue weighted by Gasteiger charge is 2.20. The highest BCUT2D eigenvalue weighted by Crippen LogP contribution is 2.31. The van der Waals surface area contributed by atoms with Crippen LogP contribution in [0.3, 0.4) is 0 Å². The van der Waals surface area contributed by atoms with Crippen LogP contribution in [0.25, 0.3) is 45.0 Å². The third-order valence-electron chi connectivity index (χ3n) is 7.22. The first-order valence-electron chi connectivity index (χ1n) is 13.5. The van der Waals surface area contributed by atoms with Crippen LogP contribution in [0.2, 0.25) is 0 Å². The van der Waals surface area contributed by atoms with Gasteiger partial charge >= 0.3 is 0 Å². The molecule has 1 saturated heterocycles. The number of nitrogens with one attached hydrogen (secondary N) is 3. The number of anilines is 2. The summed E-state index contributed by atoms with van der Waals surface area (Å²) in [5, 5.41) is 10.6. The van der Waals surface area contributed by atoms with Crippen LogP contribution in [0.1, 0.15) is 24.8 Å². The van der Waals surface area contributed by atoms with Crippen molar-refractivity contribution in [2.75, 3.05) is 23.3 Å². The van der Waals surface area contributed by atoms with Crippen molar-refractivity contribution in [3.05, 3.63) is 78.8 Å². The fraction of sp³-hybridized carbons (Fsp3) is 0.200. The molecule has 198 valence electrons. The monoisotopic (exact) mass is 529 g/mol. The number of aromatic amines is 2. The van der Waals surface area contributed by atoms with Crippen molar-refractivity contribution in [1.82, 2.24) is 35.1 Å². The van der Waals surface area contributed by atoms with Gasteiger partial charge < -0.3 is 15.2 Å². The number of amides is 1. The molecule has 7 rings (SSSR count). The number of hydrogen-bond donors (Lipinski definition) is 3. The molecule has 1 aromatic carbocycles. The fourth-order valence-electron chi connectivity index (χ4n) is 5.27. The second-order valence-electron chi connectivity index (χ2n) is 10.00. The Kier molecular flexibility index (Phi) is 6.12. The fourth-order valence-corrected chi connectivity index (χ4v) is 5.27. The summed E-state index contributed by atoms with van der Waals surface area (Å²) in [5.41, 5.74) is 7.86. The summed E-state index contributed by atoms with van der Waals surface area (Å²) >= 11 is 0. The van der Waals surface area contributed by atoms with Crippen molar-refractivity contribution >= 4 is 39.5 Å². The molecule has 1 aliphatic rings. The summed E-state index contributed by atoms with van der Waals surface area (Å²) in [5.74, 6) is 0.510. The van der Waals surface area contributed by atoms with Gasteiger partial charge in [-0.1, -0.05) is 30.3 Å².